The summed E-state index contributed by atoms with van der Waals surface area (Å²) in [5.74, 6) is 0.157. The van der Waals surface area contributed by atoms with E-state index in [0.29, 0.717) is 6.61 Å². The van der Waals surface area contributed by atoms with Crippen LogP contribution in [0.25, 0.3) is 6.08 Å². The van der Waals surface area contributed by atoms with Crippen LogP contribution in [0.2, 0.25) is 0 Å². The first-order chi connectivity index (χ1) is 9.95. The molecule has 5 nitrogen and oxygen atoms in total. The van der Waals surface area contributed by atoms with E-state index in [2.05, 4.69) is 12.3 Å². The van der Waals surface area contributed by atoms with Gasteiger partial charge >= 0.3 is 0 Å². The predicted molar refractivity (Wildman–Crippen MR) is 80.6 cm³/mol. The molecule has 0 radical (unpaired) electrons. The molecule has 2 amide bonds. The largest absolute Gasteiger partial charge is 0.493 e. The fourth-order valence-electron chi connectivity index (χ4n) is 2.17. The van der Waals surface area contributed by atoms with Crippen molar-refractivity contribution < 1.29 is 14.3 Å². The Bertz CT molecular complexity index is 620. The van der Waals surface area contributed by atoms with Gasteiger partial charge in [-0.15, -0.1) is 0 Å². The Morgan fingerprint density at radius 2 is 1.95 bits per heavy atom. The molecule has 1 fully saturated rings. The van der Waals surface area contributed by atoms with Gasteiger partial charge < -0.3 is 4.74 Å². The summed E-state index contributed by atoms with van der Waals surface area (Å²) >= 11 is 0. The van der Waals surface area contributed by atoms with Crippen molar-refractivity contribution in [2.75, 3.05) is 13.7 Å². The molecule has 0 saturated carbocycles. The topological polar surface area (TPSA) is 58.6 Å². The second-order valence-electron chi connectivity index (χ2n) is 5.11. The van der Waals surface area contributed by atoms with Gasteiger partial charge in [0.2, 0.25) is 0 Å². The molecule has 1 heterocycles. The first-order valence-electron chi connectivity index (χ1n) is 6.99. The summed E-state index contributed by atoms with van der Waals surface area (Å²) in [6.07, 6.45) is 2.58. The van der Waals surface area contributed by atoms with Crippen LogP contribution < -0.4 is 10.2 Å². The molecule has 2 rings (SSSR count). The summed E-state index contributed by atoms with van der Waals surface area (Å²) in [7, 11) is 1.53. The van der Waals surface area contributed by atoms with E-state index in [9.17, 15) is 9.59 Å². The van der Waals surface area contributed by atoms with Gasteiger partial charge in [0.1, 0.15) is 11.3 Å². The average molecular weight is 288 g/mol. The number of hydrogen-bond acceptors (Lipinski definition) is 3. The molecule has 1 aromatic carbocycles. The second kappa shape index (κ2) is 5.99. The van der Waals surface area contributed by atoms with Crippen LogP contribution in [-0.2, 0) is 9.59 Å². The minimum atomic E-state index is -0.370. The van der Waals surface area contributed by atoms with Crippen molar-refractivity contribution in [3.05, 3.63) is 34.4 Å². The lowest BCUT2D eigenvalue weighted by Crippen LogP contribution is -2.31. The van der Waals surface area contributed by atoms with Gasteiger partial charge in [-0.25, -0.2) is 0 Å². The lowest BCUT2D eigenvalue weighted by molar-refractivity contribution is -0.126. The third-order valence-corrected chi connectivity index (χ3v) is 3.59. The third kappa shape index (κ3) is 2.91. The van der Waals surface area contributed by atoms with Crippen LogP contribution in [-0.4, -0.2) is 30.5 Å². The molecule has 1 aliphatic rings. The van der Waals surface area contributed by atoms with Crippen molar-refractivity contribution in [2.24, 2.45) is 0 Å². The Balaban J connectivity index is 2.36. The number of hydrazine groups is 1. The molecule has 112 valence electrons. The van der Waals surface area contributed by atoms with E-state index in [1.54, 1.807) is 6.08 Å². The van der Waals surface area contributed by atoms with Crippen LogP contribution in [0.15, 0.2) is 17.7 Å². The highest BCUT2D eigenvalue weighted by molar-refractivity contribution is 6.25. The Morgan fingerprint density at radius 3 is 2.52 bits per heavy atom. The Kier molecular flexibility index (Phi) is 4.31. The first kappa shape index (κ1) is 15.1. The van der Waals surface area contributed by atoms with E-state index < -0.39 is 0 Å². The van der Waals surface area contributed by atoms with Crippen LogP contribution in [0.4, 0.5) is 0 Å². The molecule has 1 aromatic rings. The number of amides is 2. The Morgan fingerprint density at radius 1 is 1.24 bits per heavy atom. The van der Waals surface area contributed by atoms with Gasteiger partial charge in [0.25, 0.3) is 11.8 Å². The van der Waals surface area contributed by atoms with Crippen molar-refractivity contribution >= 4 is 17.9 Å². The smallest absolute Gasteiger partial charge is 0.277 e. The van der Waals surface area contributed by atoms with Crippen LogP contribution in [0.3, 0.4) is 0 Å². The predicted octanol–water partition coefficient (Wildman–Crippen LogP) is 1.98. The zero-order valence-electron chi connectivity index (χ0n) is 12.8. The molecule has 0 spiro atoms. The normalized spacial score (nSPS) is 16.6. The SMILES string of the molecule is CCCOc1ccc(/C=C2/C(=O)NN(C)C2=O)c(C)c1C. The fourth-order valence-corrected chi connectivity index (χ4v) is 2.17. The van der Waals surface area contributed by atoms with Gasteiger partial charge in [-0.3, -0.25) is 20.0 Å². The first-order valence-corrected chi connectivity index (χ1v) is 6.99. The average Bonchev–Trinajstić information content (AvgIpc) is 2.69. The van der Waals surface area contributed by atoms with E-state index in [-0.39, 0.29) is 17.4 Å². The number of hydrogen-bond donors (Lipinski definition) is 1. The molecule has 0 aliphatic carbocycles. The number of nitrogens with zero attached hydrogens (tertiary/aromatic N) is 1. The summed E-state index contributed by atoms with van der Waals surface area (Å²) in [6.45, 7) is 6.67. The minimum absolute atomic E-state index is 0.155. The lowest BCUT2D eigenvalue weighted by Gasteiger charge is -2.12. The summed E-state index contributed by atoms with van der Waals surface area (Å²) in [5, 5.41) is 1.19. The van der Waals surface area contributed by atoms with E-state index in [1.807, 2.05) is 26.0 Å². The van der Waals surface area contributed by atoms with Crippen LogP contribution in [0.1, 0.15) is 30.0 Å². The van der Waals surface area contributed by atoms with E-state index in [4.69, 9.17) is 4.74 Å². The maximum absolute atomic E-state index is 11.9. The second-order valence-corrected chi connectivity index (χ2v) is 5.11. The fraction of sp³-hybridized carbons (Fsp3) is 0.375. The molecule has 1 saturated heterocycles. The molecular weight excluding hydrogens is 268 g/mol. The summed E-state index contributed by atoms with van der Waals surface area (Å²) in [5.41, 5.74) is 5.50. The Labute approximate surface area is 124 Å². The van der Waals surface area contributed by atoms with Gasteiger partial charge in [-0.05, 0) is 49.1 Å². The van der Waals surface area contributed by atoms with Crippen molar-refractivity contribution in [3.63, 3.8) is 0 Å². The van der Waals surface area contributed by atoms with Crippen LogP contribution in [0.5, 0.6) is 5.75 Å². The maximum atomic E-state index is 11.9. The van der Waals surface area contributed by atoms with Gasteiger partial charge in [-0.2, -0.15) is 0 Å². The van der Waals surface area contributed by atoms with E-state index >= 15 is 0 Å². The number of likely N-dealkylation sites (N-methyl/N-ethyl adjacent to an activating group) is 1. The molecule has 0 atom stereocenters. The molecule has 21 heavy (non-hydrogen) atoms. The molecule has 0 bridgehead atoms. The third-order valence-electron chi connectivity index (χ3n) is 3.59. The van der Waals surface area contributed by atoms with E-state index in [1.165, 1.54) is 12.1 Å². The van der Waals surface area contributed by atoms with Crippen molar-refractivity contribution in [1.29, 1.82) is 0 Å². The highest BCUT2D eigenvalue weighted by Gasteiger charge is 2.30. The van der Waals surface area contributed by atoms with Gasteiger partial charge in [0.15, 0.2) is 0 Å². The van der Waals surface area contributed by atoms with Crippen molar-refractivity contribution in [1.82, 2.24) is 10.4 Å². The van der Waals surface area contributed by atoms with Gasteiger partial charge in [0, 0.05) is 7.05 Å². The number of carbonyl (C=O) groups excluding carboxylic acids is 2. The van der Waals surface area contributed by atoms with Gasteiger partial charge in [-0.1, -0.05) is 13.0 Å². The van der Waals surface area contributed by atoms with Gasteiger partial charge in [0.05, 0.1) is 6.61 Å². The molecule has 1 N–H and O–H groups in total. The summed E-state index contributed by atoms with van der Waals surface area (Å²) in [6, 6.07) is 3.75. The van der Waals surface area contributed by atoms with E-state index in [0.717, 1.165) is 28.9 Å². The number of benzene rings is 1. The van der Waals surface area contributed by atoms with Crippen LogP contribution in [0, 0.1) is 13.8 Å². The lowest BCUT2D eigenvalue weighted by atomic mass is 10.00. The minimum Gasteiger partial charge on any atom is -0.493 e. The van der Waals surface area contributed by atoms with Crippen LogP contribution >= 0.6 is 0 Å². The summed E-state index contributed by atoms with van der Waals surface area (Å²) in [4.78, 5) is 23.6. The quantitative estimate of drug-likeness (QED) is 0.681. The highest BCUT2D eigenvalue weighted by Crippen LogP contribution is 2.26. The molecule has 1 aliphatic heterocycles. The maximum Gasteiger partial charge on any atom is 0.277 e. The molecule has 0 aromatic heterocycles. The Hall–Kier alpha value is -2.30. The standard InChI is InChI=1S/C16H20N2O3/c1-5-8-21-14-7-6-12(10(2)11(14)3)9-13-15(19)17-18(4)16(13)20/h6-7,9H,5,8H2,1-4H3,(H,17,19)/b13-9-. The molecular formula is C16H20N2O3. The summed E-state index contributed by atoms with van der Waals surface area (Å²) < 4.78 is 5.68. The van der Waals surface area contributed by atoms with Crippen molar-refractivity contribution in [2.45, 2.75) is 27.2 Å². The number of carbonyl (C=O) groups is 2. The zero-order valence-corrected chi connectivity index (χ0v) is 12.8. The number of rotatable bonds is 4. The number of ether oxygens (including phenoxy) is 1. The zero-order chi connectivity index (χ0) is 15.6. The molecule has 0 unspecified atom stereocenters. The molecule has 5 heteroatoms. The van der Waals surface area contributed by atoms with Crippen molar-refractivity contribution in [3.8, 4) is 5.75 Å². The highest BCUT2D eigenvalue weighted by atomic mass is 16.5. The number of nitrogens with one attached hydrogen (secondary N) is 1. The monoisotopic (exact) mass is 288 g/mol.